The number of aromatic nitrogens is 2. The molecular formula is C22H22F2N4O3. The number of nitrogens with one attached hydrogen (secondary N) is 1. The van der Waals surface area contributed by atoms with Gasteiger partial charge in [0.25, 0.3) is 5.91 Å². The molecule has 9 heteroatoms. The molecule has 0 unspecified atom stereocenters. The van der Waals surface area contributed by atoms with Crippen LogP contribution in [-0.4, -0.2) is 34.5 Å². The Kier molecular flexibility index (Phi) is 5.34. The largest absolute Gasteiger partial charge is 0.446 e. The lowest BCUT2D eigenvalue weighted by Gasteiger charge is -2.34. The Morgan fingerprint density at radius 3 is 2.55 bits per heavy atom. The van der Waals surface area contributed by atoms with E-state index < -0.39 is 23.6 Å². The van der Waals surface area contributed by atoms with E-state index in [2.05, 4.69) is 10.3 Å². The van der Waals surface area contributed by atoms with Crippen LogP contribution < -0.4 is 11.1 Å². The summed E-state index contributed by atoms with van der Waals surface area (Å²) in [6, 6.07) is 5.75. The average molecular weight is 428 g/mol. The van der Waals surface area contributed by atoms with Crippen LogP contribution in [0.3, 0.4) is 0 Å². The van der Waals surface area contributed by atoms with Gasteiger partial charge < -0.3 is 20.2 Å². The Morgan fingerprint density at radius 1 is 1.26 bits per heavy atom. The highest BCUT2D eigenvalue weighted by Gasteiger charge is 2.34. The molecule has 4 rings (SSSR count). The molecule has 1 saturated carbocycles. The number of carbonyl (C=O) groups is 2. The molecule has 1 aliphatic carbocycles. The van der Waals surface area contributed by atoms with Crippen LogP contribution in [-0.2, 0) is 11.2 Å². The van der Waals surface area contributed by atoms with Gasteiger partial charge in [-0.2, -0.15) is 0 Å². The molecule has 3 aromatic rings. The molecule has 1 aromatic carbocycles. The minimum absolute atomic E-state index is 0.104. The van der Waals surface area contributed by atoms with Gasteiger partial charge in [0.1, 0.15) is 23.4 Å². The van der Waals surface area contributed by atoms with Gasteiger partial charge in [0.2, 0.25) is 0 Å². The number of amides is 2. The maximum atomic E-state index is 15.0. The zero-order valence-corrected chi connectivity index (χ0v) is 17.1. The van der Waals surface area contributed by atoms with Gasteiger partial charge in [-0.25, -0.2) is 18.6 Å². The van der Waals surface area contributed by atoms with Crippen molar-refractivity contribution in [2.45, 2.75) is 32.3 Å². The fourth-order valence-corrected chi connectivity index (χ4v) is 4.04. The Morgan fingerprint density at radius 2 is 1.94 bits per heavy atom. The summed E-state index contributed by atoms with van der Waals surface area (Å²) in [4.78, 5) is 27.2. The first-order chi connectivity index (χ1) is 14.8. The van der Waals surface area contributed by atoms with Crippen LogP contribution >= 0.6 is 0 Å². The number of aryl methyl sites for hydroxylation is 1. The summed E-state index contributed by atoms with van der Waals surface area (Å²) >= 11 is 0. The van der Waals surface area contributed by atoms with Crippen molar-refractivity contribution in [2.24, 2.45) is 11.7 Å². The van der Waals surface area contributed by atoms with Gasteiger partial charge in [0.05, 0.1) is 17.0 Å². The zero-order valence-electron chi connectivity index (χ0n) is 17.1. The molecule has 2 aromatic heterocycles. The van der Waals surface area contributed by atoms with E-state index in [1.807, 2.05) is 29.7 Å². The number of hydrogen-bond donors (Lipinski definition) is 2. The van der Waals surface area contributed by atoms with Crippen molar-refractivity contribution in [1.29, 1.82) is 0 Å². The van der Waals surface area contributed by atoms with Gasteiger partial charge >= 0.3 is 6.09 Å². The minimum atomic E-state index is -0.858. The normalized spacial score (nSPS) is 17.9. The van der Waals surface area contributed by atoms with Crippen LogP contribution in [0.25, 0.3) is 16.9 Å². The smallest absolute Gasteiger partial charge is 0.404 e. The van der Waals surface area contributed by atoms with Crippen LogP contribution in [0.4, 0.5) is 13.6 Å². The summed E-state index contributed by atoms with van der Waals surface area (Å²) in [6.07, 6.45) is 2.49. The number of pyridine rings is 1. The number of nitrogens with zero attached hydrogens (tertiary/aromatic N) is 2. The van der Waals surface area contributed by atoms with Gasteiger partial charge in [-0.15, -0.1) is 0 Å². The van der Waals surface area contributed by atoms with E-state index in [1.165, 1.54) is 7.05 Å². The van der Waals surface area contributed by atoms with Gasteiger partial charge in [-0.3, -0.25) is 4.79 Å². The summed E-state index contributed by atoms with van der Waals surface area (Å²) in [5.74, 6) is -2.14. The van der Waals surface area contributed by atoms with Crippen molar-refractivity contribution in [2.75, 3.05) is 7.05 Å². The number of rotatable bonds is 5. The topological polar surface area (TPSA) is 98.7 Å². The highest BCUT2D eigenvalue weighted by atomic mass is 19.1. The standard InChI is InChI=1S/C22H22F2N4O3/c1-11-3-4-28-17(8-12-6-14(7-12)31-22(25)30)20(27-18(28)5-11)19-15(23)9-13(10-16(19)24)21(29)26-2/h3-5,9-10,12,14H,6-8H2,1-2H3,(H2,25,30)(H,26,29). The second kappa shape index (κ2) is 7.98. The average Bonchev–Trinajstić information content (AvgIpc) is 3.01. The Labute approximate surface area is 177 Å². The van der Waals surface area contributed by atoms with Crippen molar-refractivity contribution in [1.82, 2.24) is 14.7 Å². The number of nitrogens with two attached hydrogens (primary N) is 1. The van der Waals surface area contributed by atoms with Crippen LogP contribution in [0.1, 0.15) is 34.5 Å². The predicted molar refractivity (Wildman–Crippen MR) is 110 cm³/mol. The van der Waals surface area contributed by atoms with Gasteiger partial charge in [-0.1, -0.05) is 0 Å². The van der Waals surface area contributed by atoms with E-state index in [1.54, 1.807) is 0 Å². The van der Waals surface area contributed by atoms with Crippen molar-refractivity contribution in [3.63, 3.8) is 0 Å². The van der Waals surface area contributed by atoms with Crippen LogP contribution in [0.5, 0.6) is 0 Å². The summed E-state index contributed by atoms with van der Waals surface area (Å²) < 4.78 is 36.8. The molecule has 162 valence electrons. The number of halogens is 2. The summed E-state index contributed by atoms with van der Waals surface area (Å²) in [6.45, 7) is 1.91. The quantitative estimate of drug-likeness (QED) is 0.651. The predicted octanol–water partition coefficient (Wildman–Crippen LogP) is 3.36. The zero-order chi connectivity index (χ0) is 22.3. The molecule has 31 heavy (non-hydrogen) atoms. The fraction of sp³-hybridized carbons (Fsp3) is 0.318. The van der Waals surface area contributed by atoms with Crippen LogP contribution in [0, 0.1) is 24.5 Å². The number of imidazole rings is 1. The van der Waals surface area contributed by atoms with Crippen LogP contribution in [0.15, 0.2) is 30.5 Å². The van der Waals surface area contributed by atoms with Gasteiger partial charge in [0.15, 0.2) is 0 Å². The summed E-state index contributed by atoms with van der Waals surface area (Å²) in [7, 11) is 1.39. The monoisotopic (exact) mass is 428 g/mol. The SMILES string of the molecule is CNC(=O)c1cc(F)c(-c2nc3cc(C)ccn3c2CC2CC(OC(N)=O)C2)c(F)c1. The lowest BCUT2D eigenvalue weighted by atomic mass is 9.79. The molecule has 3 N–H and O–H groups in total. The second-order valence-electron chi connectivity index (χ2n) is 7.83. The Balaban J connectivity index is 1.75. The molecule has 0 bridgehead atoms. The molecule has 1 aliphatic rings. The molecule has 2 heterocycles. The van der Waals surface area contributed by atoms with Crippen LogP contribution in [0.2, 0.25) is 0 Å². The molecule has 0 aliphatic heterocycles. The Bertz CT molecular complexity index is 1160. The molecule has 0 saturated heterocycles. The van der Waals surface area contributed by atoms with Gasteiger partial charge in [0, 0.05) is 18.8 Å². The molecule has 0 spiro atoms. The number of hydrogen-bond acceptors (Lipinski definition) is 4. The first-order valence-corrected chi connectivity index (χ1v) is 9.92. The maximum Gasteiger partial charge on any atom is 0.404 e. The number of fused-ring (bicyclic) bond motifs is 1. The third-order valence-electron chi connectivity index (χ3n) is 5.61. The molecule has 2 amide bonds. The summed E-state index contributed by atoms with van der Waals surface area (Å²) in [5, 5.41) is 2.36. The van der Waals surface area contributed by atoms with Gasteiger partial charge in [-0.05, 0) is 61.9 Å². The second-order valence-corrected chi connectivity index (χ2v) is 7.83. The minimum Gasteiger partial charge on any atom is -0.446 e. The van der Waals surface area contributed by atoms with E-state index >= 15 is 0 Å². The molecule has 0 atom stereocenters. The number of ether oxygens (including phenoxy) is 1. The van der Waals surface area contributed by atoms with E-state index in [4.69, 9.17) is 10.5 Å². The molecule has 1 fully saturated rings. The van der Waals surface area contributed by atoms with Crippen molar-refractivity contribution < 1.29 is 23.1 Å². The van der Waals surface area contributed by atoms with E-state index in [0.717, 1.165) is 17.7 Å². The lowest BCUT2D eigenvalue weighted by Crippen LogP contribution is -2.36. The third-order valence-corrected chi connectivity index (χ3v) is 5.61. The molecular weight excluding hydrogens is 406 g/mol. The number of carbonyl (C=O) groups excluding carboxylic acids is 2. The number of benzene rings is 1. The first kappa shape index (κ1) is 20.8. The van der Waals surface area contributed by atoms with Crippen molar-refractivity contribution in [3.8, 4) is 11.3 Å². The molecule has 0 radical (unpaired) electrons. The lowest BCUT2D eigenvalue weighted by molar-refractivity contribution is 0.0222. The number of primary amides is 1. The first-order valence-electron chi connectivity index (χ1n) is 9.92. The summed E-state index contributed by atoms with van der Waals surface area (Å²) in [5.41, 5.74) is 7.08. The Hall–Kier alpha value is -3.49. The van der Waals surface area contributed by atoms with E-state index in [0.29, 0.717) is 30.6 Å². The van der Waals surface area contributed by atoms with E-state index in [-0.39, 0.29) is 28.8 Å². The third kappa shape index (κ3) is 3.95. The van der Waals surface area contributed by atoms with E-state index in [9.17, 15) is 18.4 Å². The maximum absolute atomic E-state index is 15.0. The van der Waals surface area contributed by atoms with Crippen molar-refractivity contribution >= 4 is 17.6 Å². The fourth-order valence-electron chi connectivity index (χ4n) is 4.04. The molecule has 7 nitrogen and oxygen atoms in total. The highest BCUT2D eigenvalue weighted by molar-refractivity contribution is 5.94. The van der Waals surface area contributed by atoms with Crippen molar-refractivity contribution in [3.05, 3.63) is 58.9 Å². The highest BCUT2D eigenvalue weighted by Crippen LogP contribution is 2.37.